The number of benzene rings is 1. The predicted molar refractivity (Wildman–Crippen MR) is 86.9 cm³/mol. The van der Waals surface area contributed by atoms with Crippen LogP contribution < -0.4 is 10.6 Å². The molecule has 0 unspecified atom stereocenters. The number of aromatic nitrogens is 2. The fourth-order valence-corrected chi connectivity index (χ4v) is 2.80. The molecule has 0 radical (unpaired) electrons. The Labute approximate surface area is 126 Å². The molecule has 0 atom stereocenters. The second kappa shape index (κ2) is 5.72. The van der Waals surface area contributed by atoms with Crippen molar-refractivity contribution in [2.24, 2.45) is 0 Å². The zero-order valence-electron chi connectivity index (χ0n) is 12.9. The SMILES string of the molecule is CNc1cc(NC2Cc3ccccc3C2)nc(C(C)C)n1. The zero-order chi connectivity index (χ0) is 14.8. The molecule has 0 aliphatic heterocycles. The maximum absolute atomic E-state index is 4.64. The van der Waals surface area contributed by atoms with Crippen LogP contribution in [0.25, 0.3) is 0 Å². The van der Waals surface area contributed by atoms with Crippen molar-refractivity contribution < 1.29 is 0 Å². The number of nitrogens with one attached hydrogen (secondary N) is 2. The van der Waals surface area contributed by atoms with E-state index in [1.807, 2.05) is 13.1 Å². The monoisotopic (exact) mass is 282 g/mol. The molecule has 1 aromatic carbocycles. The van der Waals surface area contributed by atoms with Gasteiger partial charge in [0, 0.05) is 25.1 Å². The first kappa shape index (κ1) is 13.9. The van der Waals surface area contributed by atoms with Crippen molar-refractivity contribution in [2.75, 3.05) is 17.7 Å². The Morgan fingerprint density at radius 3 is 2.24 bits per heavy atom. The van der Waals surface area contributed by atoms with Gasteiger partial charge in [-0.15, -0.1) is 0 Å². The first-order chi connectivity index (χ1) is 10.2. The van der Waals surface area contributed by atoms with Gasteiger partial charge < -0.3 is 10.6 Å². The van der Waals surface area contributed by atoms with Gasteiger partial charge in [-0.05, 0) is 24.0 Å². The molecule has 4 nitrogen and oxygen atoms in total. The summed E-state index contributed by atoms with van der Waals surface area (Å²) >= 11 is 0. The van der Waals surface area contributed by atoms with Crippen LogP contribution in [0.15, 0.2) is 30.3 Å². The van der Waals surface area contributed by atoms with Gasteiger partial charge in [0.15, 0.2) is 0 Å². The minimum Gasteiger partial charge on any atom is -0.373 e. The van der Waals surface area contributed by atoms with Crippen LogP contribution in [0.5, 0.6) is 0 Å². The minimum absolute atomic E-state index is 0.319. The first-order valence-corrected chi connectivity index (χ1v) is 7.55. The highest BCUT2D eigenvalue weighted by Crippen LogP contribution is 2.25. The van der Waals surface area contributed by atoms with Crippen LogP contribution in [-0.4, -0.2) is 23.1 Å². The summed E-state index contributed by atoms with van der Waals surface area (Å²) in [6.07, 6.45) is 2.12. The number of hydrogen-bond acceptors (Lipinski definition) is 4. The minimum atomic E-state index is 0.319. The third-order valence-electron chi connectivity index (χ3n) is 3.92. The number of rotatable bonds is 4. The van der Waals surface area contributed by atoms with Gasteiger partial charge >= 0.3 is 0 Å². The van der Waals surface area contributed by atoms with Gasteiger partial charge in [0.2, 0.25) is 0 Å². The molecule has 21 heavy (non-hydrogen) atoms. The Balaban J connectivity index is 1.78. The highest BCUT2D eigenvalue weighted by atomic mass is 15.1. The molecule has 1 aromatic heterocycles. The molecule has 0 bridgehead atoms. The second-order valence-corrected chi connectivity index (χ2v) is 5.92. The summed E-state index contributed by atoms with van der Waals surface area (Å²) in [5, 5.41) is 6.68. The fourth-order valence-electron chi connectivity index (χ4n) is 2.80. The van der Waals surface area contributed by atoms with Crippen molar-refractivity contribution >= 4 is 11.6 Å². The summed E-state index contributed by atoms with van der Waals surface area (Å²) < 4.78 is 0. The van der Waals surface area contributed by atoms with E-state index >= 15 is 0 Å². The van der Waals surface area contributed by atoms with E-state index in [0.717, 1.165) is 30.3 Å². The van der Waals surface area contributed by atoms with Crippen LogP contribution in [0.2, 0.25) is 0 Å². The van der Waals surface area contributed by atoms with E-state index in [2.05, 4.69) is 58.7 Å². The fraction of sp³-hybridized carbons (Fsp3) is 0.412. The summed E-state index contributed by atoms with van der Waals surface area (Å²) in [4.78, 5) is 9.15. The van der Waals surface area contributed by atoms with E-state index in [9.17, 15) is 0 Å². The molecule has 110 valence electrons. The third-order valence-corrected chi connectivity index (χ3v) is 3.92. The average Bonchev–Trinajstić information content (AvgIpc) is 2.88. The molecule has 4 heteroatoms. The van der Waals surface area contributed by atoms with E-state index in [1.165, 1.54) is 11.1 Å². The molecular formula is C17H22N4. The van der Waals surface area contributed by atoms with E-state index in [0.29, 0.717) is 12.0 Å². The Hall–Kier alpha value is -2.10. The summed E-state index contributed by atoms with van der Waals surface area (Å²) in [6, 6.07) is 11.1. The molecule has 1 aliphatic rings. The number of nitrogens with zero attached hydrogens (tertiary/aromatic N) is 2. The van der Waals surface area contributed by atoms with Crippen molar-refractivity contribution in [1.82, 2.24) is 9.97 Å². The van der Waals surface area contributed by atoms with Crippen LogP contribution in [-0.2, 0) is 12.8 Å². The van der Waals surface area contributed by atoms with Crippen molar-refractivity contribution in [3.63, 3.8) is 0 Å². The molecule has 0 fully saturated rings. The van der Waals surface area contributed by atoms with Gasteiger partial charge in [-0.25, -0.2) is 9.97 Å². The Morgan fingerprint density at radius 2 is 1.67 bits per heavy atom. The zero-order valence-corrected chi connectivity index (χ0v) is 12.9. The van der Waals surface area contributed by atoms with Crippen LogP contribution >= 0.6 is 0 Å². The third kappa shape index (κ3) is 2.99. The lowest BCUT2D eigenvalue weighted by atomic mass is 10.1. The largest absolute Gasteiger partial charge is 0.373 e. The number of anilines is 2. The smallest absolute Gasteiger partial charge is 0.135 e. The van der Waals surface area contributed by atoms with Crippen LogP contribution in [0, 0.1) is 0 Å². The molecule has 1 heterocycles. The van der Waals surface area contributed by atoms with Crippen molar-refractivity contribution in [2.45, 2.75) is 38.6 Å². The first-order valence-electron chi connectivity index (χ1n) is 7.55. The number of hydrogen-bond donors (Lipinski definition) is 2. The predicted octanol–water partition coefficient (Wildman–Crippen LogP) is 3.22. The highest BCUT2D eigenvalue weighted by Gasteiger charge is 2.21. The van der Waals surface area contributed by atoms with Gasteiger partial charge in [-0.3, -0.25) is 0 Å². The molecular weight excluding hydrogens is 260 g/mol. The van der Waals surface area contributed by atoms with Gasteiger partial charge in [-0.1, -0.05) is 38.1 Å². The molecule has 0 spiro atoms. The lowest BCUT2D eigenvalue weighted by Crippen LogP contribution is -2.21. The molecule has 1 aliphatic carbocycles. The lowest BCUT2D eigenvalue weighted by Gasteiger charge is -2.15. The van der Waals surface area contributed by atoms with Gasteiger partial charge in [0.25, 0.3) is 0 Å². The van der Waals surface area contributed by atoms with Crippen LogP contribution in [0.3, 0.4) is 0 Å². The van der Waals surface area contributed by atoms with Crippen LogP contribution in [0.1, 0.15) is 36.7 Å². The topological polar surface area (TPSA) is 49.8 Å². The van der Waals surface area contributed by atoms with E-state index in [-0.39, 0.29) is 0 Å². The van der Waals surface area contributed by atoms with Crippen molar-refractivity contribution in [1.29, 1.82) is 0 Å². The Bertz CT molecular complexity index is 611. The molecule has 3 rings (SSSR count). The van der Waals surface area contributed by atoms with E-state index in [1.54, 1.807) is 0 Å². The van der Waals surface area contributed by atoms with Crippen molar-refractivity contribution in [3.8, 4) is 0 Å². The molecule has 2 N–H and O–H groups in total. The second-order valence-electron chi connectivity index (χ2n) is 5.92. The Kier molecular flexibility index (Phi) is 3.78. The summed E-state index contributed by atoms with van der Waals surface area (Å²) in [7, 11) is 1.89. The normalized spacial score (nSPS) is 14.3. The van der Waals surface area contributed by atoms with E-state index < -0.39 is 0 Å². The average molecular weight is 282 g/mol. The summed E-state index contributed by atoms with van der Waals surface area (Å²) in [5.41, 5.74) is 2.89. The van der Waals surface area contributed by atoms with Crippen molar-refractivity contribution in [3.05, 3.63) is 47.3 Å². The van der Waals surface area contributed by atoms with Gasteiger partial charge in [0.1, 0.15) is 17.5 Å². The summed E-state index contributed by atoms with van der Waals surface area (Å²) in [5.74, 6) is 2.97. The van der Waals surface area contributed by atoms with Crippen LogP contribution in [0.4, 0.5) is 11.6 Å². The van der Waals surface area contributed by atoms with Gasteiger partial charge in [-0.2, -0.15) is 0 Å². The molecule has 2 aromatic rings. The number of fused-ring (bicyclic) bond motifs is 1. The highest BCUT2D eigenvalue weighted by molar-refractivity contribution is 5.49. The maximum Gasteiger partial charge on any atom is 0.135 e. The molecule has 0 amide bonds. The molecule has 0 saturated heterocycles. The quantitative estimate of drug-likeness (QED) is 0.904. The molecule has 0 saturated carbocycles. The maximum atomic E-state index is 4.64. The Morgan fingerprint density at radius 1 is 1.05 bits per heavy atom. The van der Waals surface area contributed by atoms with Gasteiger partial charge in [0.05, 0.1) is 0 Å². The lowest BCUT2D eigenvalue weighted by molar-refractivity contribution is 0.747. The van der Waals surface area contributed by atoms with E-state index in [4.69, 9.17) is 0 Å². The summed E-state index contributed by atoms with van der Waals surface area (Å²) in [6.45, 7) is 4.23. The standard InChI is InChI=1S/C17H22N4/c1-11(2)17-20-15(18-3)10-16(21-17)19-14-8-12-6-4-5-7-13(12)9-14/h4-7,10-11,14H,8-9H2,1-3H3,(H2,18,19,20,21).